The standard InChI is InChI=1S/C25H32N6O3/c1-17-11-19-14-26-31(24-13-23(27-25(28-24)32-2)30-7-9-33-10-8-30)22(19)12-21(17)18-3-5-29(6-4-18)20-15-34-16-20/h11-14,18,20H,3-10,15-16H2,1-2H3. The highest BCUT2D eigenvalue weighted by Gasteiger charge is 2.30. The topological polar surface area (TPSA) is 77.8 Å². The normalized spacial score (nSPS) is 20.6. The highest BCUT2D eigenvalue weighted by Crippen LogP contribution is 2.34. The van der Waals surface area contributed by atoms with Gasteiger partial charge in [0.15, 0.2) is 5.82 Å². The molecule has 34 heavy (non-hydrogen) atoms. The number of aromatic nitrogens is 4. The molecule has 0 bridgehead atoms. The minimum atomic E-state index is 0.349. The van der Waals surface area contributed by atoms with Crippen molar-refractivity contribution in [2.75, 3.05) is 64.6 Å². The number of aryl methyl sites for hydroxylation is 1. The number of anilines is 1. The van der Waals surface area contributed by atoms with Gasteiger partial charge in [0.05, 0.1) is 51.3 Å². The summed E-state index contributed by atoms with van der Waals surface area (Å²) in [6, 6.07) is 7.57. The summed E-state index contributed by atoms with van der Waals surface area (Å²) in [6.07, 6.45) is 4.29. The minimum Gasteiger partial charge on any atom is -0.467 e. The van der Waals surface area contributed by atoms with E-state index in [2.05, 4.69) is 38.8 Å². The number of piperidine rings is 1. The molecule has 9 heteroatoms. The van der Waals surface area contributed by atoms with Crippen molar-refractivity contribution in [2.24, 2.45) is 0 Å². The predicted octanol–water partition coefficient (Wildman–Crippen LogP) is 2.55. The number of nitrogens with zero attached hydrogens (tertiary/aromatic N) is 6. The molecule has 0 unspecified atom stereocenters. The highest BCUT2D eigenvalue weighted by atomic mass is 16.5. The van der Waals surface area contributed by atoms with Crippen LogP contribution in [0.1, 0.15) is 29.9 Å². The molecule has 180 valence electrons. The number of hydrogen-bond donors (Lipinski definition) is 0. The maximum Gasteiger partial charge on any atom is 0.320 e. The quantitative estimate of drug-likeness (QED) is 0.570. The van der Waals surface area contributed by atoms with Gasteiger partial charge >= 0.3 is 6.01 Å². The van der Waals surface area contributed by atoms with Crippen LogP contribution in [0, 0.1) is 6.92 Å². The van der Waals surface area contributed by atoms with Crippen molar-refractivity contribution in [3.8, 4) is 11.8 Å². The van der Waals surface area contributed by atoms with Crippen LogP contribution < -0.4 is 9.64 Å². The van der Waals surface area contributed by atoms with Crippen molar-refractivity contribution in [3.05, 3.63) is 35.5 Å². The summed E-state index contributed by atoms with van der Waals surface area (Å²) in [5.74, 6) is 2.13. The van der Waals surface area contributed by atoms with Gasteiger partial charge in [-0.1, -0.05) is 0 Å². The fraction of sp³-hybridized carbons (Fsp3) is 0.560. The zero-order valence-electron chi connectivity index (χ0n) is 19.9. The number of morpholine rings is 1. The lowest BCUT2D eigenvalue weighted by Gasteiger charge is -2.41. The van der Waals surface area contributed by atoms with E-state index in [-0.39, 0.29) is 0 Å². The van der Waals surface area contributed by atoms with Crippen molar-refractivity contribution >= 4 is 16.7 Å². The molecule has 0 saturated carbocycles. The third-order valence-electron chi connectivity index (χ3n) is 7.48. The molecule has 0 radical (unpaired) electrons. The number of likely N-dealkylation sites (tertiary alicyclic amines) is 1. The average molecular weight is 465 g/mol. The van der Waals surface area contributed by atoms with Gasteiger partial charge in [0.25, 0.3) is 0 Å². The Kier molecular flexibility index (Phi) is 5.84. The third-order valence-corrected chi connectivity index (χ3v) is 7.48. The van der Waals surface area contributed by atoms with Gasteiger partial charge in [-0.2, -0.15) is 15.1 Å². The van der Waals surface area contributed by atoms with Gasteiger partial charge in [-0.25, -0.2) is 4.68 Å². The summed E-state index contributed by atoms with van der Waals surface area (Å²) in [5, 5.41) is 5.84. The van der Waals surface area contributed by atoms with Gasteiger partial charge in [-0.05, 0) is 62.0 Å². The monoisotopic (exact) mass is 464 g/mol. The Morgan fingerprint density at radius 1 is 0.941 bits per heavy atom. The second-order valence-corrected chi connectivity index (χ2v) is 9.50. The van der Waals surface area contributed by atoms with Crippen LogP contribution in [0.15, 0.2) is 24.4 Å². The predicted molar refractivity (Wildman–Crippen MR) is 129 cm³/mol. The highest BCUT2D eigenvalue weighted by molar-refractivity contribution is 5.82. The minimum absolute atomic E-state index is 0.349. The molecule has 0 spiro atoms. The fourth-order valence-electron chi connectivity index (χ4n) is 5.39. The Morgan fingerprint density at radius 2 is 1.71 bits per heavy atom. The molecule has 1 aromatic carbocycles. The number of ether oxygens (including phenoxy) is 3. The van der Waals surface area contributed by atoms with E-state index in [1.807, 2.05) is 16.9 Å². The first-order valence-corrected chi connectivity index (χ1v) is 12.3. The number of benzene rings is 1. The van der Waals surface area contributed by atoms with Crippen LogP contribution in [0.5, 0.6) is 6.01 Å². The van der Waals surface area contributed by atoms with Gasteiger partial charge in [0.2, 0.25) is 0 Å². The Labute approximate surface area is 199 Å². The molecule has 6 rings (SSSR count). The number of rotatable bonds is 5. The summed E-state index contributed by atoms with van der Waals surface area (Å²) < 4.78 is 18.3. The van der Waals surface area contributed by atoms with Crippen molar-refractivity contribution in [1.29, 1.82) is 0 Å². The summed E-state index contributed by atoms with van der Waals surface area (Å²) in [4.78, 5) is 14.0. The second kappa shape index (κ2) is 9.13. The van der Waals surface area contributed by atoms with Gasteiger partial charge in [0, 0.05) is 24.5 Å². The van der Waals surface area contributed by atoms with Crippen LogP contribution in [-0.4, -0.2) is 90.4 Å². The molecular formula is C25H32N6O3. The second-order valence-electron chi connectivity index (χ2n) is 9.50. The van der Waals surface area contributed by atoms with E-state index < -0.39 is 0 Å². The van der Waals surface area contributed by atoms with Gasteiger partial charge < -0.3 is 19.1 Å². The number of hydrogen-bond acceptors (Lipinski definition) is 8. The van der Waals surface area contributed by atoms with Gasteiger partial charge in [-0.15, -0.1) is 0 Å². The Morgan fingerprint density at radius 3 is 2.41 bits per heavy atom. The Bertz CT molecular complexity index is 1160. The van der Waals surface area contributed by atoms with Crippen LogP contribution in [0.2, 0.25) is 0 Å². The number of methoxy groups -OCH3 is 1. The lowest BCUT2D eigenvalue weighted by molar-refractivity contribution is -0.0712. The molecule has 0 aliphatic carbocycles. The van der Waals surface area contributed by atoms with E-state index in [1.165, 1.54) is 24.0 Å². The summed E-state index contributed by atoms with van der Waals surface area (Å²) in [7, 11) is 1.60. The molecule has 3 aliphatic heterocycles. The van der Waals surface area contributed by atoms with E-state index in [0.717, 1.165) is 61.9 Å². The Hall–Kier alpha value is -2.75. The van der Waals surface area contributed by atoms with Gasteiger partial charge in [-0.3, -0.25) is 4.90 Å². The molecule has 2 aromatic heterocycles. The molecule has 9 nitrogen and oxygen atoms in total. The molecule has 0 amide bonds. The van der Waals surface area contributed by atoms with E-state index >= 15 is 0 Å². The molecule has 5 heterocycles. The fourth-order valence-corrected chi connectivity index (χ4v) is 5.39. The lowest BCUT2D eigenvalue weighted by atomic mass is 9.85. The van der Waals surface area contributed by atoms with Crippen molar-refractivity contribution in [2.45, 2.75) is 31.7 Å². The van der Waals surface area contributed by atoms with Crippen LogP contribution in [0.4, 0.5) is 5.82 Å². The lowest BCUT2D eigenvalue weighted by Crippen LogP contribution is -2.51. The zero-order valence-corrected chi connectivity index (χ0v) is 19.9. The van der Waals surface area contributed by atoms with Crippen LogP contribution in [0.3, 0.4) is 0 Å². The van der Waals surface area contributed by atoms with Crippen molar-refractivity contribution in [1.82, 2.24) is 24.6 Å². The molecule has 3 saturated heterocycles. The molecule has 0 N–H and O–H groups in total. The summed E-state index contributed by atoms with van der Waals surface area (Å²) in [5.41, 5.74) is 3.84. The SMILES string of the molecule is COc1nc(N2CCOCC2)cc(-n2ncc3cc(C)c(C4CCN(C5COC5)CC4)cc32)n1. The molecule has 0 atom stereocenters. The summed E-state index contributed by atoms with van der Waals surface area (Å²) in [6.45, 7) is 9.28. The van der Waals surface area contributed by atoms with Crippen LogP contribution in [-0.2, 0) is 9.47 Å². The van der Waals surface area contributed by atoms with Crippen LogP contribution in [0.25, 0.3) is 16.7 Å². The smallest absolute Gasteiger partial charge is 0.320 e. The van der Waals surface area contributed by atoms with E-state index in [0.29, 0.717) is 31.2 Å². The van der Waals surface area contributed by atoms with Crippen molar-refractivity contribution in [3.63, 3.8) is 0 Å². The molecule has 3 fully saturated rings. The van der Waals surface area contributed by atoms with Crippen molar-refractivity contribution < 1.29 is 14.2 Å². The average Bonchev–Trinajstić information content (AvgIpc) is 3.26. The maximum atomic E-state index is 5.51. The molecule has 3 aliphatic rings. The summed E-state index contributed by atoms with van der Waals surface area (Å²) >= 11 is 0. The maximum absolute atomic E-state index is 5.51. The third kappa shape index (κ3) is 4.01. The van der Waals surface area contributed by atoms with Crippen LogP contribution >= 0.6 is 0 Å². The van der Waals surface area contributed by atoms with E-state index in [4.69, 9.17) is 19.3 Å². The van der Waals surface area contributed by atoms with E-state index in [1.54, 1.807) is 7.11 Å². The zero-order chi connectivity index (χ0) is 23.1. The first-order valence-electron chi connectivity index (χ1n) is 12.3. The first kappa shape index (κ1) is 21.8. The van der Waals surface area contributed by atoms with E-state index in [9.17, 15) is 0 Å². The molecular weight excluding hydrogens is 432 g/mol. The Balaban J connectivity index is 1.32. The number of fused-ring (bicyclic) bond motifs is 1. The largest absolute Gasteiger partial charge is 0.467 e. The van der Waals surface area contributed by atoms with Gasteiger partial charge in [0.1, 0.15) is 5.82 Å². The molecule has 3 aromatic rings. The first-order chi connectivity index (χ1) is 16.7.